The van der Waals surface area contributed by atoms with Crippen LogP contribution in [0.15, 0.2) is 35.3 Å². The number of sulfone groups is 1. The average Bonchev–Trinajstić information content (AvgIpc) is 2.54. The van der Waals surface area contributed by atoms with E-state index in [4.69, 9.17) is 4.74 Å². The van der Waals surface area contributed by atoms with Gasteiger partial charge in [-0.05, 0) is 18.9 Å². The first-order valence-electron chi connectivity index (χ1n) is 7.84. The van der Waals surface area contributed by atoms with Crippen LogP contribution in [0, 0.1) is 0 Å². The van der Waals surface area contributed by atoms with Crippen LogP contribution in [0.5, 0.6) is 0 Å². The zero-order valence-corrected chi connectivity index (χ0v) is 17.5. The molecule has 0 aliphatic heterocycles. The van der Waals surface area contributed by atoms with E-state index in [9.17, 15) is 8.42 Å². The molecular weight excluding hydrogens is 441 g/mol. The van der Waals surface area contributed by atoms with Gasteiger partial charge in [-0.15, -0.1) is 24.0 Å². The lowest BCUT2D eigenvalue weighted by Gasteiger charge is -2.12. The van der Waals surface area contributed by atoms with Gasteiger partial charge < -0.3 is 15.4 Å². The molecule has 0 saturated heterocycles. The Bertz CT molecular complexity index is 565. The first kappa shape index (κ1) is 23.1. The van der Waals surface area contributed by atoms with Gasteiger partial charge in [0, 0.05) is 26.7 Å². The van der Waals surface area contributed by atoms with Gasteiger partial charge in [0.05, 0.1) is 18.1 Å². The number of nitrogens with one attached hydrogen (secondary N) is 2. The van der Waals surface area contributed by atoms with Gasteiger partial charge in [0.15, 0.2) is 15.8 Å². The van der Waals surface area contributed by atoms with E-state index in [0.717, 1.165) is 5.56 Å². The van der Waals surface area contributed by atoms with E-state index in [2.05, 4.69) is 15.6 Å². The maximum Gasteiger partial charge on any atom is 0.191 e. The van der Waals surface area contributed by atoms with E-state index < -0.39 is 9.84 Å². The van der Waals surface area contributed by atoms with E-state index in [1.165, 1.54) is 0 Å². The van der Waals surface area contributed by atoms with Crippen molar-refractivity contribution in [3.63, 3.8) is 0 Å². The molecule has 0 spiro atoms. The molecule has 138 valence electrons. The van der Waals surface area contributed by atoms with Gasteiger partial charge in [0.1, 0.15) is 0 Å². The molecule has 1 aromatic rings. The Balaban J connectivity index is 0.00000529. The number of hydrogen-bond acceptors (Lipinski definition) is 4. The van der Waals surface area contributed by atoms with Crippen molar-refractivity contribution < 1.29 is 13.2 Å². The molecule has 6 nitrogen and oxygen atoms in total. The smallest absolute Gasteiger partial charge is 0.191 e. The normalized spacial score (nSPS) is 11.7. The van der Waals surface area contributed by atoms with Crippen molar-refractivity contribution in [3.05, 3.63) is 35.9 Å². The highest BCUT2D eigenvalue weighted by atomic mass is 127. The Morgan fingerprint density at radius 1 is 1.17 bits per heavy atom. The molecule has 0 radical (unpaired) electrons. The monoisotopic (exact) mass is 469 g/mol. The second-order valence-electron chi connectivity index (χ2n) is 5.05. The number of benzene rings is 1. The summed E-state index contributed by atoms with van der Waals surface area (Å²) >= 11 is 0. The van der Waals surface area contributed by atoms with Crippen molar-refractivity contribution in [2.24, 2.45) is 4.99 Å². The molecular formula is C16H28IN3O3S. The quantitative estimate of drug-likeness (QED) is 0.237. The van der Waals surface area contributed by atoms with E-state index in [-0.39, 0.29) is 35.5 Å². The molecule has 0 unspecified atom stereocenters. The van der Waals surface area contributed by atoms with Crippen LogP contribution < -0.4 is 10.6 Å². The third kappa shape index (κ3) is 10.8. The highest BCUT2D eigenvalue weighted by Gasteiger charge is 2.11. The lowest BCUT2D eigenvalue weighted by molar-refractivity contribution is 0.152. The Morgan fingerprint density at radius 3 is 2.46 bits per heavy atom. The Kier molecular flexibility index (Phi) is 12.9. The number of ether oxygens (including phenoxy) is 1. The van der Waals surface area contributed by atoms with Crippen LogP contribution in [0.2, 0.25) is 0 Å². The minimum absolute atomic E-state index is 0. The van der Waals surface area contributed by atoms with Crippen molar-refractivity contribution in [3.8, 4) is 0 Å². The molecule has 0 heterocycles. The minimum atomic E-state index is -3.08. The first-order chi connectivity index (χ1) is 11.1. The van der Waals surface area contributed by atoms with Gasteiger partial charge in [-0.2, -0.15) is 0 Å². The molecule has 0 atom stereocenters. The van der Waals surface area contributed by atoms with Crippen LogP contribution in [0.25, 0.3) is 0 Å². The van der Waals surface area contributed by atoms with Crippen LogP contribution in [0.3, 0.4) is 0 Å². The molecule has 1 rings (SSSR count). The average molecular weight is 469 g/mol. The van der Waals surface area contributed by atoms with E-state index in [0.29, 0.717) is 38.7 Å². The lowest BCUT2D eigenvalue weighted by Crippen LogP contribution is -2.39. The van der Waals surface area contributed by atoms with Crippen LogP contribution in [-0.2, 0) is 20.3 Å². The lowest BCUT2D eigenvalue weighted by atomic mass is 10.2. The maximum atomic E-state index is 12.1. The third-order valence-electron chi connectivity index (χ3n) is 3.12. The van der Waals surface area contributed by atoms with Crippen LogP contribution >= 0.6 is 24.0 Å². The second kappa shape index (κ2) is 13.4. The molecule has 0 saturated carbocycles. The fourth-order valence-corrected chi connectivity index (χ4v) is 3.43. The molecule has 24 heavy (non-hydrogen) atoms. The highest BCUT2D eigenvalue weighted by molar-refractivity contribution is 14.0. The summed E-state index contributed by atoms with van der Waals surface area (Å²) in [5.41, 5.74) is 0.828. The van der Waals surface area contributed by atoms with Gasteiger partial charge in [-0.3, -0.25) is 4.99 Å². The predicted octanol–water partition coefficient (Wildman–Crippen LogP) is 1.81. The summed E-state index contributed by atoms with van der Waals surface area (Å²) in [5, 5.41) is 6.21. The SMILES string of the molecule is CCOCCNC(=NC)NCCCS(=O)(=O)Cc1ccccc1.I. The summed E-state index contributed by atoms with van der Waals surface area (Å²) in [7, 11) is -1.40. The van der Waals surface area contributed by atoms with E-state index in [1.807, 2.05) is 37.3 Å². The molecule has 2 N–H and O–H groups in total. The van der Waals surface area contributed by atoms with Crippen molar-refractivity contribution in [1.82, 2.24) is 10.6 Å². The van der Waals surface area contributed by atoms with E-state index in [1.54, 1.807) is 7.05 Å². The van der Waals surface area contributed by atoms with Crippen molar-refractivity contribution in [2.75, 3.05) is 39.1 Å². The number of nitrogens with zero attached hydrogens (tertiary/aromatic N) is 1. The summed E-state index contributed by atoms with van der Waals surface area (Å²) < 4.78 is 29.4. The molecule has 0 amide bonds. The summed E-state index contributed by atoms with van der Waals surface area (Å²) in [5.74, 6) is 0.908. The Hall–Kier alpha value is -0.870. The van der Waals surface area contributed by atoms with Gasteiger partial charge >= 0.3 is 0 Å². The zero-order chi connectivity index (χ0) is 17.0. The van der Waals surface area contributed by atoms with Gasteiger partial charge in [-0.25, -0.2) is 8.42 Å². The molecule has 0 aliphatic carbocycles. The molecule has 0 aliphatic rings. The molecule has 8 heteroatoms. The molecule has 0 bridgehead atoms. The van der Waals surface area contributed by atoms with Crippen LogP contribution in [0.1, 0.15) is 18.9 Å². The van der Waals surface area contributed by atoms with E-state index >= 15 is 0 Å². The van der Waals surface area contributed by atoms with Crippen molar-refractivity contribution in [1.29, 1.82) is 0 Å². The summed E-state index contributed by atoms with van der Waals surface area (Å²) in [4.78, 5) is 4.08. The molecule has 0 aromatic heterocycles. The molecule has 1 aromatic carbocycles. The first-order valence-corrected chi connectivity index (χ1v) is 9.66. The van der Waals surface area contributed by atoms with Crippen molar-refractivity contribution >= 4 is 39.8 Å². The summed E-state index contributed by atoms with van der Waals surface area (Å²) in [6.07, 6.45) is 0.543. The topological polar surface area (TPSA) is 79.8 Å². The van der Waals surface area contributed by atoms with Crippen molar-refractivity contribution in [2.45, 2.75) is 19.1 Å². The van der Waals surface area contributed by atoms with Crippen LogP contribution in [-0.4, -0.2) is 53.5 Å². The number of hydrogen-bond donors (Lipinski definition) is 2. The van der Waals surface area contributed by atoms with Crippen LogP contribution in [0.4, 0.5) is 0 Å². The fraction of sp³-hybridized carbons (Fsp3) is 0.562. The minimum Gasteiger partial charge on any atom is -0.380 e. The summed E-state index contributed by atoms with van der Waals surface area (Å²) in [6.45, 7) is 4.47. The standard InChI is InChI=1S/C16H27N3O3S.HI/c1-3-22-12-11-19-16(17-2)18-10-7-13-23(20,21)14-15-8-5-4-6-9-15;/h4-6,8-9H,3,7,10-14H2,1-2H3,(H2,17,18,19);1H. The number of rotatable bonds is 10. The summed E-state index contributed by atoms with van der Waals surface area (Å²) in [6, 6.07) is 9.25. The number of halogens is 1. The second-order valence-corrected chi connectivity index (χ2v) is 7.24. The Morgan fingerprint density at radius 2 is 1.83 bits per heavy atom. The number of aliphatic imine (C=N–C) groups is 1. The third-order valence-corrected chi connectivity index (χ3v) is 4.80. The fourth-order valence-electron chi connectivity index (χ4n) is 2.01. The van der Waals surface area contributed by atoms with Gasteiger partial charge in [-0.1, -0.05) is 30.3 Å². The molecule has 0 fully saturated rings. The predicted molar refractivity (Wildman–Crippen MR) is 110 cm³/mol. The van der Waals surface area contributed by atoms with Gasteiger partial charge in [0.25, 0.3) is 0 Å². The largest absolute Gasteiger partial charge is 0.380 e. The zero-order valence-electron chi connectivity index (χ0n) is 14.3. The van der Waals surface area contributed by atoms with Gasteiger partial charge in [0.2, 0.25) is 0 Å². The Labute approximate surface area is 162 Å². The number of guanidine groups is 1. The maximum absolute atomic E-state index is 12.1. The highest BCUT2D eigenvalue weighted by Crippen LogP contribution is 2.06.